The van der Waals surface area contributed by atoms with Crippen molar-refractivity contribution in [3.8, 4) is 5.69 Å². The highest BCUT2D eigenvalue weighted by Crippen LogP contribution is 2.26. The number of piperidine rings is 1. The molecule has 3 aromatic rings. The summed E-state index contributed by atoms with van der Waals surface area (Å²) in [5, 5.41) is 17.9. The van der Waals surface area contributed by atoms with E-state index in [1.165, 1.54) is 15.8 Å². The number of aryl methyl sites for hydroxylation is 1. The van der Waals surface area contributed by atoms with E-state index in [2.05, 4.69) is 46.4 Å². The smallest absolute Gasteiger partial charge is 0.325 e. The molecular formula is C21H25N5O2. The Kier molecular flexibility index (Phi) is 5.25. The Morgan fingerprint density at radius 2 is 2.21 bits per heavy atom. The third-order valence-corrected chi connectivity index (χ3v) is 5.19. The van der Waals surface area contributed by atoms with Gasteiger partial charge >= 0.3 is 5.97 Å². The van der Waals surface area contributed by atoms with Crippen LogP contribution < -0.4 is 0 Å². The van der Waals surface area contributed by atoms with Crippen LogP contribution in [0, 0.1) is 6.92 Å². The zero-order chi connectivity index (χ0) is 19.5. The highest BCUT2D eigenvalue weighted by molar-refractivity contribution is 5.66. The van der Waals surface area contributed by atoms with Crippen molar-refractivity contribution in [1.29, 1.82) is 0 Å². The van der Waals surface area contributed by atoms with Crippen molar-refractivity contribution in [2.75, 3.05) is 13.1 Å². The fraction of sp³-hybridized carbons (Fsp3) is 0.381. The molecule has 1 fully saturated rings. The minimum atomic E-state index is -0.870. The number of aromatic nitrogens is 4. The summed E-state index contributed by atoms with van der Waals surface area (Å²) in [6, 6.07) is 10.3. The van der Waals surface area contributed by atoms with Gasteiger partial charge in [-0.05, 0) is 50.1 Å². The summed E-state index contributed by atoms with van der Waals surface area (Å²) in [6.07, 6.45) is 7.99. The summed E-state index contributed by atoms with van der Waals surface area (Å²) >= 11 is 0. The van der Waals surface area contributed by atoms with E-state index in [0.29, 0.717) is 5.92 Å². The first kappa shape index (κ1) is 18.4. The standard InChI is InChI=1S/C21H25N5O2/c1-16-4-2-6-19(10-16)26-13-17(11-22-26)12-24-8-3-5-18(14-24)20-7-9-25(23-20)15-21(27)28/h2,4,6-7,9-11,13,18H,3,5,8,12,14-15H2,1H3,(H,27,28)/t18-/m0/s1. The van der Waals surface area contributed by atoms with E-state index in [-0.39, 0.29) is 6.54 Å². The van der Waals surface area contributed by atoms with Gasteiger partial charge in [-0.15, -0.1) is 0 Å². The Labute approximate surface area is 164 Å². The molecule has 1 atom stereocenters. The lowest BCUT2D eigenvalue weighted by Crippen LogP contribution is -2.34. The van der Waals surface area contributed by atoms with Crippen molar-refractivity contribution in [3.05, 3.63) is 65.7 Å². The molecule has 1 aromatic carbocycles. The molecule has 4 rings (SSSR count). The normalized spacial score (nSPS) is 17.7. The molecule has 3 heterocycles. The topological polar surface area (TPSA) is 76.2 Å². The van der Waals surface area contributed by atoms with Gasteiger partial charge in [0.15, 0.2) is 0 Å². The molecule has 0 spiro atoms. The molecule has 0 aliphatic carbocycles. The number of benzene rings is 1. The minimum absolute atomic E-state index is 0.0887. The number of carbonyl (C=O) groups is 1. The number of rotatable bonds is 6. The summed E-state index contributed by atoms with van der Waals surface area (Å²) < 4.78 is 3.43. The first-order valence-corrected chi connectivity index (χ1v) is 9.65. The average Bonchev–Trinajstić information content (AvgIpc) is 3.31. The van der Waals surface area contributed by atoms with Gasteiger partial charge in [0.2, 0.25) is 0 Å². The lowest BCUT2D eigenvalue weighted by Gasteiger charge is -2.31. The molecule has 0 unspecified atom stereocenters. The Balaban J connectivity index is 1.40. The first-order valence-electron chi connectivity index (χ1n) is 9.65. The molecule has 2 aromatic heterocycles. The van der Waals surface area contributed by atoms with Crippen LogP contribution in [0.25, 0.3) is 5.69 Å². The van der Waals surface area contributed by atoms with E-state index < -0.39 is 5.97 Å². The Bertz CT molecular complexity index is 961. The van der Waals surface area contributed by atoms with Crippen molar-refractivity contribution in [2.24, 2.45) is 0 Å². The van der Waals surface area contributed by atoms with Crippen LogP contribution in [0.5, 0.6) is 0 Å². The lowest BCUT2D eigenvalue weighted by molar-refractivity contribution is -0.137. The molecule has 1 aliphatic heterocycles. The van der Waals surface area contributed by atoms with Crippen LogP contribution in [-0.2, 0) is 17.9 Å². The van der Waals surface area contributed by atoms with E-state index in [4.69, 9.17) is 5.11 Å². The van der Waals surface area contributed by atoms with E-state index >= 15 is 0 Å². The van der Waals surface area contributed by atoms with Crippen LogP contribution in [0.3, 0.4) is 0 Å². The van der Waals surface area contributed by atoms with E-state index in [0.717, 1.165) is 43.9 Å². The second-order valence-corrected chi connectivity index (χ2v) is 7.54. The second kappa shape index (κ2) is 7.98. The SMILES string of the molecule is Cc1cccc(-n2cc(CN3CCC[C@H](c4ccn(CC(=O)O)n4)C3)cn2)c1. The van der Waals surface area contributed by atoms with Crippen molar-refractivity contribution >= 4 is 5.97 Å². The van der Waals surface area contributed by atoms with Gasteiger partial charge in [-0.25, -0.2) is 4.68 Å². The average molecular weight is 379 g/mol. The molecule has 0 radical (unpaired) electrons. The van der Waals surface area contributed by atoms with Gasteiger partial charge < -0.3 is 5.11 Å². The maximum atomic E-state index is 10.9. The molecule has 146 valence electrons. The van der Waals surface area contributed by atoms with Crippen molar-refractivity contribution in [1.82, 2.24) is 24.5 Å². The van der Waals surface area contributed by atoms with Crippen LogP contribution in [-0.4, -0.2) is 48.6 Å². The fourth-order valence-electron chi connectivity index (χ4n) is 3.87. The minimum Gasteiger partial charge on any atom is -0.480 e. The summed E-state index contributed by atoms with van der Waals surface area (Å²) in [4.78, 5) is 13.3. The number of aliphatic carboxylic acids is 1. The lowest BCUT2D eigenvalue weighted by atomic mass is 9.95. The summed E-state index contributed by atoms with van der Waals surface area (Å²) in [5.74, 6) is -0.527. The zero-order valence-corrected chi connectivity index (χ0v) is 16.0. The van der Waals surface area contributed by atoms with Gasteiger partial charge in [0.1, 0.15) is 6.54 Å². The molecule has 7 heteroatoms. The van der Waals surface area contributed by atoms with Gasteiger partial charge in [-0.2, -0.15) is 10.2 Å². The Hall–Kier alpha value is -2.93. The number of carboxylic acids is 1. The maximum absolute atomic E-state index is 10.9. The van der Waals surface area contributed by atoms with Crippen LogP contribution in [0.15, 0.2) is 48.9 Å². The molecule has 0 saturated carbocycles. The fourth-order valence-corrected chi connectivity index (χ4v) is 3.87. The quantitative estimate of drug-likeness (QED) is 0.713. The summed E-state index contributed by atoms with van der Waals surface area (Å²) in [6.45, 7) is 4.84. The highest BCUT2D eigenvalue weighted by atomic mass is 16.4. The highest BCUT2D eigenvalue weighted by Gasteiger charge is 2.23. The maximum Gasteiger partial charge on any atom is 0.325 e. The van der Waals surface area contributed by atoms with E-state index in [9.17, 15) is 4.79 Å². The predicted molar refractivity (Wildman–Crippen MR) is 105 cm³/mol. The zero-order valence-electron chi connectivity index (χ0n) is 16.0. The van der Waals surface area contributed by atoms with Gasteiger partial charge in [0.05, 0.1) is 17.6 Å². The number of nitrogens with zero attached hydrogens (tertiary/aromatic N) is 5. The van der Waals surface area contributed by atoms with E-state index in [1.54, 1.807) is 6.20 Å². The Morgan fingerprint density at radius 1 is 1.32 bits per heavy atom. The summed E-state index contributed by atoms with van der Waals surface area (Å²) in [7, 11) is 0. The van der Waals surface area contributed by atoms with Crippen molar-refractivity contribution in [2.45, 2.75) is 38.8 Å². The third-order valence-electron chi connectivity index (χ3n) is 5.19. The van der Waals surface area contributed by atoms with Gasteiger partial charge in [0, 0.05) is 37.0 Å². The third kappa shape index (κ3) is 4.31. The van der Waals surface area contributed by atoms with Crippen LogP contribution >= 0.6 is 0 Å². The number of likely N-dealkylation sites (tertiary alicyclic amines) is 1. The molecular weight excluding hydrogens is 354 g/mol. The summed E-state index contributed by atoms with van der Waals surface area (Å²) in [5.41, 5.74) is 4.47. The molecule has 7 nitrogen and oxygen atoms in total. The molecule has 28 heavy (non-hydrogen) atoms. The monoisotopic (exact) mass is 379 g/mol. The number of hydrogen-bond donors (Lipinski definition) is 1. The van der Waals surface area contributed by atoms with Crippen LogP contribution in [0.2, 0.25) is 0 Å². The van der Waals surface area contributed by atoms with Gasteiger partial charge in [-0.1, -0.05) is 12.1 Å². The van der Waals surface area contributed by atoms with Gasteiger partial charge in [-0.3, -0.25) is 14.4 Å². The van der Waals surface area contributed by atoms with Crippen LogP contribution in [0.1, 0.15) is 35.6 Å². The Morgan fingerprint density at radius 3 is 3.04 bits per heavy atom. The molecule has 1 N–H and O–H groups in total. The second-order valence-electron chi connectivity index (χ2n) is 7.54. The number of carboxylic acid groups (broad SMARTS) is 1. The van der Waals surface area contributed by atoms with Crippen molar-refractivity contribution < 1.29 is 9.90 Å². The first-order chi connectivity index (χ1) is 13.6. The van der Waals surface area contributed by atoms with Gasteiger partial charge in [0.25, 0.3) is 0 Å². The van der Waals surface area contributed by atoms with E-state index in [1.807, 2.05) is 23.0 Å². The largest absolute Gasteiger partial charge is 0.480 e. The van der Waals surface area contributed by atoms with Crippen LogP contribution in [0.4, 0.5) is 0 Å². The number of hydrogen-bond acceptors (Lipinski definition) is 4. The molecule has 0 bridgehead atoms. The molecule has 0 amide bonds. The van der Waals surface area contributed by atoms with Crippen molar-refractivity contribution in [3.63, 3.8) is 0 Å². The molecule has 1 aliphatic rings. The predicted octanol–water partition coefficient (Wildman–Crippen LogP) is 2.84. The molecule has 1 saturated heterocycles.